The van der Waals surface area contributed by atoms with Crippen LogP contribution in [0.15, 0.2) is 0 Å². The van der Waals surface area contributed by atoms with Crippen molar-refractivity contribution in [2.24, 2.45) is 0 Å². The fourth-order valence-corrected chi connectivity index (χ4v) is 0. The summed E-state index contributed by atoms with van der Waals surface area (Å²) in [6.45, 7) is 1.72. The second kappa shape index (κ2) is 5.73. The van der Waals surface area contributed by atoms with Crippen LogP contribution in [0.4, 0.5) is 0 Å². The summed E-state index contributed by atoms with van der Waals surface area (Å²) in [7, 11) is 0. The summed E-state index contributed by atoms with van der Waals surface area (Å²) in [6, 6.07) is 0. The summed E-state index contributed by atoms with van der Waals surface area (Å²) in [5.41, 5.74) is 0. The predicted octanol–water partition coefficient (Wildman–Crippen LogP) is 1.01. The van der Waals surface area contributed by atoms with Gasteiger partial charge in [-0.15, -0.1) is 0 Å². The van der Waals surface area contributed by atoms with Gasteiger partial charge in [0.15, 0.2) is 0 Å². The van der Waals surface area contributed by atoms with E-state index in [1.165, 1.54) is 0 Å². The molecule has 0 bridgehead atoms. The maximum Gasteiger partial charge on any atom is 2.00 e. The molecule has 0 aliphatic rings. The minimum Gasteiger partial charge on any atom is -1.00 e. The molecule has 0 aliphatic carbocycles. The maximum atomic E-state index is 9.58. The van der Waals surface area contributed by atoms with Gasteiger partial charge < -0.3 is 2.85 Å². The van der Waals surface area contributed by atoms with Crippen LogP contribution in [0.3, 0.4) is 0 Å². The Bertz CT molecular complexity index is 52.5. The number of halogens is 1. The third-order valence-corrected chi connectivity index (χ3v) is 0.545. The molecule has 0 fully saturated rings. The minimum atomic E-state index is -0.273. The van der Waals surface area contributed by atoms with Gasteiger partial charge in [0.05, 0.1) is 0 Å². The molecule has 0 N–H and O–H groups in total. The molecule has 0 aromatic rings. The van der Waals surface area contributed by atoms with Gasteiger partial charge in [-0.25, -0.2) is 0 Å². The molecule has 0 spiro atoms. The van der Waals surface area contributed by atoms with Crippen molar-refractivity contribution in [3.8, 4) is 0 Å². The van der Waals surface area contributed by atoms with E-state index in [1.54, 1.807) is 6.92 Å². The Morgan fingerprint density at radius 1 is 2.00 bits per heavy atom. The molecule has 0 saturated heterocycles. The first-order valence-corrected chi connectivity index (χ1v) is 1.83. The van der Waals surface area contributed by atoms with Crippen LogP contribution in [0.1, 0.15) is 16.2 Å². The molecule has 6 heavy (non-hydrogen) atoms. The van der Waals surface area contributed by atoms with Crippen LogP contribution < -0.4 is 0 Å². The van der Waals surface area contributed by atoms with E-state index in [0.717, 1.165) is 0 Å². The Morgan fingerprint density at radius 2 is 2.17 bits per heavy atom. The molecule has 0 aliphatic heterocycles. The van der Waals surface area contributed by atoms with Crippen molar-refractivity contribution < 1.29 is 7.65 Å². The van der Waals surface area contributed by atoms with Gasteiger partial charge in [-0.05, 0) is 11.6 Å². The standard InChI is InChI=1S/C3H5ClO.Mg.2H/c1-2-3(4)5;;;/h2H2,1H3;;;/q;+2;2*-1. The normalized spacial score (nSPS) is 6.33. The topological polar surface area (TPSA) is 17.1 Å². The zero-order valence-electron chi connectivity index (χ0n) is 5.70. The second-order valence-corrected chi connectivity index (χ2v) is 1.13. The molecular formula is C3H7ClMgO. The third-order valence-electron chi connectivity index (χ3n) is 0.278. The van der Waals surface area contributed by atoms with Crippen LogP contribution in [0.2, 0.25) is 0 Å². The van der Waals surface area contributed by atoms with Gasteiger partial charge in [0.1, 0.15) is 0 Å². The molecule has 3 heteroatoms. The molecule has 34 valence electrons. The molecule has 0 aromatic carbocycles. The quantitative estimate of drug-likeness (QED) is 0.371. The minimum absolute atomic E-state index is 0. The van der Waals surface area contributed by atoms with Gasteiger partial charge in [-0.3, -0.25) is 4.79 Å². The van der Waals surface area contributed by atoms with E-state index in [0.29, 0.717) is 6.42 Å². The fourth-order valence-electron chi connectivity index (χ4n) is 0. The smallest absolute Gasteiger partial charge is 1.00 e. The Labute approximate surface area is 61.2 Å². The van der Waals surface area contributed by atoms with Crippen LogP contribution in [0.25, 0.3) is 0 Å². The number of carbonyl (C=O) groups excluding carboxylic acids is 1. The summed E-state index contributed by atoms with van der Waals surface area (Å²) in [5, 5.41) is -0.273. The maximum absolute atomic E-state index is 9.58. The van der Waals surface area contributed by atoms with E-state index in [2.05, 4.69) is 0 Å². The van der Waals surface area contributed by atoms with Crippen molar-refractivity contribution in [3.63, 3.8) is 0 Å². The second-order valence-electron chi connectivity index (χ2n) is 0.709. The summed E-state index contributed by atoms with van der Waals surface area (Å²) < 4.78 is 0. The predicted molar refractivity (Wildman–Crippen MR) is 29.1 cm³/mol. The Morgan fingerprint density at radius 3 is 2.17 bits per heavy atom. The zero-order valence-corrected chi connectivity index (χ0v) is 5.87. The van der Waals surface area contributed by atoms with E-state index in [1.807, 2.05) is 0 Å². The number of hydrogen-bond acceptors (Lipinski definition) is 1. The number of rotatable bonds is 1. The first-order chi connectivity index (χ1) is 2.27. The van der Waals surface area contributed by atoms with Crippen LogP contribution in [-0.4, -0.2) is 28.3 Å². The van der Waals surface area contributed by atoms with E-state index < -0.39 is 0 Å². The van der Waals surface area contributed by atoms with Crippen LogP contribution >= 0.6 is 11.6 Å². The van der Waals surface area contributed by atoms with Crippen LogP contribution in [0.5, 0.6) is 0 Å². The van der Waals surface area contributed by atoms with Crippen molar-refractivity contribution in [2.75, 3.05) is 0 Å². The van der Waals surface area contributed by atoms with Gasteiger partial charge in [-0.1, -0.05) is 6.92 Å². The van der Waals surface area contributed by atoms with Crippen LogP contribution in [0, 0.1) is 0 Å². The molecule has 0 atom stereocenters. The van der Waals surface area contributed by atoms with E-state index in [9.17, 15) is 4.79 Å². The molecule has 0 rings (SSSR count). The molecule has 0 aromatic heterocycles. The third kappa shape index (κ3) is 8.83. The Balaban J connectivity index is -0.0000000267. The molecule has 0 heterocycles. The molecule has 0 amide bonds. The largest absolute Gasteiger partial charge is 2.00 e. The van der Waals surface area contributed by atoms with Crippen molar-refractivity contribution >= 4 is 39.9 Å². The van der Waals surface area contributed by atoms with E-state index in [4.69, 9.17) is 11.6 Å². The van der Waals surface area contributed by atoms with Crippen molar-refractivity contribution in [2.45, 2.75) is 13.3 Å². The Kier molecular flexibility index (Phi) is 9.42. The van der Waals surface area contributed by atoms with Crippen molar-refractivity contribution in [1.29, 1.82) is 0 Å². The molecule has 0 radical (unpaired) electrons. The summed E-state index contributed by atoms with van der Waals surface area (Å²) in [6.07, 6.45) is 0.432. The molecular weight excluding hydrogens is 112 g/mol. The van der Waals surface area contributed by atoms with E-state index in [-0.39, 0.29) is 31.1 Å². The summed E-state index contributed by atoms with van der Waals surface area (Å²) in [4.78, 5) is 9.58. The molecule has 0 unspecified atom stereocenters. The van der Waals surface area contributed by atoms with Crippen LogP contribution in [-0.2, 0) is 4.79 Å². The van der Waals surface area contributed by atoms with Gasteiger partial charge in [0.25, 0.3) is 0 Å². The molecule has 0 saturated carbocycles. The van der Waals surface area contributed by atoms with Gasteiger partial charge >= 0.3 is 23.1 Å². The van der Waals surface area contributed by atoms with Crippen molar-refractivity contribution in [1.82, 2.24) is 0 Å². The average molecular weight is 119 g/mol. The number of hydrogen-bond donors (Lipinski definition) is 0. The monoisotopic (exact) mass is 118 g/mol. The summed E-state index contributed by atoms with van der Waals surface area (Å²) in [5.74, 6) is 0. The van der Waals surface area contributed by atoms with E-state index >= 15 is 0 Å². The fraction of sp³-hybridized carbons (Fsp3) is 0.667. The zero-order chi connectivity index (χ0) is 4.28. The van der Waals surface area contributed by atoms with Gasteiger partial charge in [0, 0.05) is 6.42 Å². The Hall–Kier alpha value is 0.726. The van der Waals surface area contributed by atoms with Gasteiger partial charge in [0.2, 0.25) is 5.24 Å². The SMILES string of the molecule is CCC(=O)Cl.[H-].[H-].[Mg+2]. The first-order valence-electron chi connectivity index (χ1n) is 1.45. The number of carbonyl (C=O) groups is 1. The average Bonchev–Trinajstić information content (AvgIpc) is 1.38. The summed E-state index contributed by atoms with van der Waals surface area (Å²) >= 11 is 4.82. The molecule has 1 nitrogen and oxygen atoms in total. The van der Waals surface area contributed by atoms with Gasteiger partial charge in [-0.2, -0.15) is 0 Å². The van der Waals surface area contributed by atoms with Crippen molar-refractivity contribution in [3.05, 3.63) is 0 Å². The first kappa shape index (κ1) is 9.87.